The van der Waals surface area contributed by atoms with Gasteiger partial charge in [0, 0.05) is 33.9 Å². The minimum absolute atomic E-state index is 0.262. The van der Waals surface area contributed by atoms with Gasteiger partial charge in [-0.15, -0.1) is 0 Å². The van der Waals surface area contributed by atoms with E-state index in [2.05, 4.69) is 0 Å². The number of halogens is 1. The van der Waals surface area contributed by atoms with E-state index in [0.29, 0.717) is 44.0 Å². The van der Waals surface area contributed by atoms with Gasteiger partial charge < -0.3 is 14.4 Å². The summed E-state index contributed by atoms with van der Waals surface area (Å²) in [4.78, 5) is 29.8. The molecule has 0 N–H and O–H groups in total. The molecule has 0 radical (unpaired) electrons. The van der Waals surface area contributed by atoms with Crippen molar-refractivity contribution < 1.29 is 23.5 Å². The second-order valence-corrected chi connectivity index (χ2v) is 7.20. The number of rotatable bonds is 11. The molecular formula is C24H27FN2O4. The Morgan fingerprint density at radius 1 is 0.871 bits per heavy atom. The fraction of sp³-hybridized carbons (Fsp3) is 0.333. The minimum atomic E-state index is -0.403. The zero-order chi connectivity index (χ0) is 22.2. The molecular weight excluding hydrogens is 399 g/mol. The number of methoxy groups -OCH3 is 2. The van der Waals surface area contributed by atoms with E-state index in [1.807, 2.05) is 35.2 Å². The van der Waals surface area contributed by atoms with E-state index >= 15 is 0 Å². The molecule has 2 amide bonds. The van der Waals surface area contributed by atoms with Gasteiger partial charge in [0.2, 0.25) is 0 Å². The fourth-order valence-electron chi connectivity index (χ4n) is 3.56. The highest BCUT2D eigenvalue weighted by atomic mass is 19.1. The maximum absolute atomic E-state index is 13.5. The van der Waals surface area contributed by atoms with Gasteiger partial charge in [-0.25, -0.2) is 4.39 Å². The topological polar surface area (TPSA) is 59.1 Å². The van der Waals surface area contributed by atoms with Gasteiger partial charge in [0.25, 0.3) is 11.8 Å². The number of benzene rings is 2. The first-order chi connectivity index (χ1) is 15.1. The van der Waals surface area contributed by atoms with Crippen LogP contribution in [0.15, 0.2) is 60.3 Å². The first kappa shape index (κ1) is 22.7. The predicted octanol–water partition coefficient (Wildman–Crippen LogP) is 2.74. The first-order valence-corrected chi connectivity index (χ1v) is 10.2. The number of hydrogen-bond acceptors (Lipinski definition) is 5. The molecule has 0 aliphatic carbocycles. The van der Waals surface area contributed by atoms with Crippen LogP contribution in [0.5, 0.6) is 0 Å². The lowest BCUT2D eigenvalue weighted by Crippen LogP contribution is -2.38. The van der Waals surface area contributed by atoms with E-state index in [1.165, 1.54) is 29.2 Å². The Kier molecular flexibility index (Phi) is 7.92. The normalized spacial score (nSPS) is 14.0. The maximum Gasteiger partial charge on any atom is 0.277 e. The summed E-state index contributed by atoms with van der Waals surface area (Å²) in [5, 5.41) is 0. The lowest BCUT2D eigenvalue weighted by atomic mass is 10.0. The second-order valence-electron chi connectivity index (χ2n) is 7.20. The summed E-state index contributed by atoms with van der Waals surface area (Å²) in [7, 11) is 3.16. The smallest absolute Gasteiger partial charge is 0.277 e. The molecule has 2 aromatic carbocycles. The van der Waals surface area contributed by atoms with Crippen LogP contribution in [0.2, 0.25) is 0 Å². The van der Waals surface area contributed by atoms with Crippen LogP contribution in [0.3, 0.4) is 0 Å². The lowest BCUT2D eigenvalue weighted by Gasteiger charge is -2.25. The molecule has 0 saturated carbocycles. The van der Waals surface area contributed by atoms with Gasteiger partial charge >= 0.3 is 0 Å². The number of nitrogens with zero attached hydrogens (tertiary/aromatic N) is 2. The maximum atomic E-state index is 13.5. The number of amides is 2. The summed E-state index contributed by atoms with van der Waals surface area (Å²) in [6, 6.07) is 15.3. The zero-order valence-electron chi connectivity index (χ0n) is 17.8. The van der Waals surface area contributed by atoms with Gasteiger partial charge in [0.05, 0.1) is 18.8 Å². The number of carbonyl (C=O) groups excluding carboxylic acids is 2. The van der Waals surface area contributed by atoms with Crippen molar-refractivity contribution in [1.29, 1.82) is 0 Å². The average molecular weight is 426 g/mol. The van der Waals surface area contributed by atoms with Crippen molar-refractivity contribution in [2.75, 3.05) is 47.1 Å². The Morgan fingerprint density at radius 2 is 1.48 bits per heavy atom. The Bertz CT molecular complexity index is 920. The van der Waals surface area contributed by atoms with Crippen molar-refractivity contribution in [1.82, 2.24) is 9.80 Å². The molecule has 31 heavy (non-hydrogen) atoms. The van der Waals surface area contributed by atoms with E-state index < -0.39 is 5.82 Å². The Balaban J connectivity index is 1.95. The average Bonchev–Trinajstić information content (AvgIpc) is 3.03. The Labute approximate surface area is 181 Å². The van der Waals surface area contributed by atoms with Crippen LogP contribution in [0.1, 0.15) is 11.1 Å². The highest BCUT2D eigenvalue weighted by Crippen LogP contribution is 2.32. The van der Waals surface area contributed by atoms with Gasteiger partial charge in [-0.2, -0.15) is 0 Å². The quantitative estimate of drug-likeness (QED) is 0.517. The van der Waals surface area contributed by atoms with Gasteiger partial charge in [-0.05, 0) is 29.7 Å². The third-order valence-corrected chi connectivity index (χ3v) is 5.19. The first-order valence-electron chi connectivity index (χ1n) is 10.2. The van der Waals surface area contributed by atoms with E-state index in [1.54, 1.807) is 14.2 Å². The number of imide groups is 1. The van der Waals surface area contributed by atoms with Crippen LogP contribution in [-0.2, 0) is 25.5 Å². The van der Waals surface area contributed by atoms with Gasteiger partial charge in [0.15, 0.2) is 0 Å². The monoisotopic (exact) mass is 426 g/mol. The van der Waals surface area contributed by atoms with Crippen LogP contribution >= 0.6 is 0 Å². The summed E-state index contributed by atoms with van der Waals surface area (Å²) >= 11 is 0. The zero-order valence-corrected chi connectivity index (χ0v) is 17.8. The highest BCUT2D eigenvalue weighted by molar-refractivity contribution is 6.35. The molecule has 3 rings (SSSR count). The Hall–Kier alpha value is -3.03. The summed E-state index contributed by atoms with van der Waals surface area (Å²) in [6.45, 7) is 1.87. The van der Waals surface area contributed by atoms with Crippen molar-refractivity contribution >= 4 is 17.4 Å². The summed E-state index contributed by atoms with van der Waals surface area (Å²) in [5.41, 5.74) is 2.14. The standard InChI is InChI=1S/C24H27FN2O4/c1-30-16-14-26(15-17-31-2)22-21(19-8-10-20(25)11-9-19)23(28)27(24(22)29)13-12-18-6-4-3-5-7-18/h3-11H,12-17H2,1-2H3. The van der Waals surface area contributed by atoms with Crippen LogP contribution in [-0.4, -0.2) is 68.7 Å². The van der Waals surface area contributed by atoms with Crippen molar-refractivity contribution in [3.8, 4) is 0 Å². The summed E-state index contributed by atoms with van der Waals surface area (Å²) in [5.74, 6) is -1.13. The van der Waals surface area contributed by atoms with Crippen LogP contribution in [0, 0.1) is 5.82 Å². The van der Waals surface area contributed by atoms with E-state index in [4.69, 9.17) is 9.47 Å². The van der Waals surface area contributed by atoms with Crippen molar-refractivity contribution in [3.63, 3.8) is 0 Å². The molecule has 164 valence electrons. The predicted molar refractivity (Wildman–Crippen MR) is 116 cm³/mol. The summed E-state index contributed by atoms with van der Waals surface area (Å²) in [6.07, 6.45) is 0.554. The molecule has 0 unspecified atom stereocenters. The SMILES string of the molecule is COCCN(CCOC)C1=C(c2ccc(F)cc2)C(=O)N(CCc2ccccc2)C1=O. The van der Waals surface area contributed by atoms with Crippen LogP contribution in [0.4, 0.5) is 4.39 Å². The fourth-order valence-corrected chi connectivity index (χ4v) is 3.56. The molecule has 1 aliphatic heterocycles. The van der Waals surface area contributed by atoms with Gasteiger partial charge in [0.1, 0.15) is 11.5 Å². The molecule has 1 aliphatic rings. The summed E-state index contributed by atoms with van der Waals surface area (Å²) < 4.78 is 23.9. The molecule has 7 heteroatoms. The number of hydrogen-bond donors (Lipinski definition) is 0. The van der Waals surface area contributed by atoms with E-state index in [0.717, 1.165) is 5.56 Å². The molecule has 0 fully saturated rings. The minimum Gasteiger partial charge on any atom is -0.383 e. The molecule has 0 atom stereocenters. The van der Waals surface area contributed by atoms with E-state index in [-0.39, 0.29) is 23.9 Å². The van der Waals surface area contributed by atoms with Gasteiger partial charge in [-0.3, -0.25) is 14.5 Å². The van der Waals surface area contributed by atoms with Crippen molar-refractivity contribution in [2.45, 2.75) is 6.42 Å². The molecule has 2 aromatic rings. The molecule has 0 spiro atoms. The van der Waals surface area contributed by atoms with Gasteiger partial charge in [-0.1, -0.05) is 42.5 Å². The largest absolute Gasteiger partial charge is 0.383 e. The molecule has 0 bridgehead atoms. The Morgan fingerprint density at radius 3 is 2.06 bits per heavy atom. The third-order valence-electron chi connectivity index (χ3n) is 5.19. The van der Waals surface area contributed by atoms with Crippen molar-refractivity contribution in [3.05, 3.63) is 77.2 Å². The second kappa shape index (κ2) is 10.8. The number of ether oxygens (including phenoxy) is 2. The molecule has 0 aromatic heterocycles. The lowest BCUT2D eigenvalue weighted by molar-refractivity contribution is -0.137. The van der Waals surface area contributed by atoms with Crippen molar-refractivity contribution in [2.24, 2.45) is 0 Å². The third kappa shape index (κ3) is 5.37. The highest BCUT2D eigenvalue weighted by Gasteiger charge is 2.41. The molecule has 0 saturated heterocycles. The number of carbonyl (C=O) groups is 2. The van der Waals surface area contributed by atoms with Crippen LogP contribution < -0.4 is 0 Å². The van der Waals surface area contributed by atoms with Crippen LogP contribution in [0.25, 0.3) is 5.57 Å². The molecule has 6 nitrogen and oxygen atoms in total. The van der Waals surface area contributed by atoms with E-state index in [9.17, 15) is 14.0 Å². The molecule has 1 heterocycles.